The number of halogens is 1. The number of piperazine rings is 1. The van der Waals surface area contributed by atoms with Gasteiger partial charge in [0.1, 0.15) is 5.58 Å². The molecule has 1 saturated heterocycles. The smallest absolute Gasteiger partial charge is 0.372 e. The fourth-order valence-electron chi connectivity index (χ4n) is 2.78. The zero-order chi connectivity index (χ0) is 14.1. The number of furan rings is 1. The number of carboxylic acid groups (broad SMARTS) is 1. The van der Waals surface area contributed by atoms with E-state index in [-0.39, 0.29) is 18.2 Å². The maximum atomic E-state index is 11.2. The predicted molar refractivity (Wildman–Crippen MR) is 84.9 cm³/mol. The van der Waals surface area contributed by atoms with E-state index in [1.807, 2.05) is 19.1 Å². The molecule has 0 aliphatic carbocycles. The van der Waals surface area contributed by atoms with Gasteiger partial charge in [-0.1, -0.05) is 6.92 Å². The minimum atomic E-state index is -0.998. The van der Waals surface area contributed by atoms with Gasteiger partial charge in [-0.2, -0.15) is 0 Å². The summed E-state index contributed by atoms with van der Waals surface area (Å²) in [6.07, 6.45) is 0.652. The molecule has 1 aromatic heterocycles. The Labute approximate surface area is 129 Å². The summed E-state index contributed by atoms with van der Waals surface area (Å²) in [5.41, 5.74) is 2.56. The molecule has 0 spiro atoms. The summed E-state index contributed by atoms with van der Waals surface area (Å²) in [5, 5.41) is 13.4. The molecule has 0 amide bonds. The Hall–Kier alpha value is -1.72. The predicted octanol–water partition coefficient (Wildman–Crippen LogP) is 2.52. The van der Waals surface area contributed by atoms with Gasteiger partial charge in [0.15, 0.2) is 0 Å². The molecule has 21 heavy (non-hydrogen) atoms. The minimum absolute atomic E-state index is 0. The van der Waals surface area contributed by atoms with Crippen molar-refractivity contribution >= 4 is 35.0 Å². The third kappa shape index (κ3) is 2.84. The van der Waals surface area contributed by atoms with Crippen molar-refractivity contribution in [2.75, 3.05) is 31.1 Å². The number of nitrogens with zero attached hydrogens (tertiary/aromatic N) is 1. The molecular formula is C15H19ClN2O3. The van der Waals surface area contributed by atoms with Gasteiger partial charge in [-0.05, 0) is 24.6 Å². The number of fused-ring (bicyclic) bond motifs is 1. The van der Waals surface area contributed by atoms with E-state index < -0.39 is 5.97 Å². The number of carbonyl (C=O) groups is 1. The van der Waals surface area contributed by atoms with Gasteiger partial charge in [0.25, 0.3) is 0 Å². The molecule has 6 heteroatoms. The lowest BCUT2D eigenvalue weighted by Gasteiger charge is -2.29. The number of carboxylic acids is 1. The van der Waals surface area contributed by atoms with Crippen LogP contribution in [-0.2, 0) is 6.42 Å². The molecule has 0 bridgehead atoms. The molecule has 1 fully saturated rings. The lowest BCUT2D eigenvalue weighted by atomic mass is 10.1. The van der Waals surface area contributed by atoms with Crippen molar-refractivity contribution < 1.29 is 14.3 Å². The standard InChI is InChI=1S/C15H18N2O3.ClH/c1-2-11-12-9-10(17-7-5-16-6-8-17)3-4-13(12)20-14(11)15(18)19;/h3-4,9,16H,2,5-8H2,1H3,(H,18,19);1H. The van der Waals surface area contributed by atoms with Gasteiger partial charge in [-0.25, -0.2) is 4.79 Å². The number of aryl methyl sites for hydroxylation is 1. The monoisotopic (exact) mass is 310 g/mol. The maximum absolute atomic E-state index is 11.2. The third-order valence-corrected chi connectivity index (χ3v) is 3.80. The first-order valence-corrected chi connectivity index (χ1v) is 6.95. The van der Waals surface area contributed by atoms with Crippen LogP contribution < -0.4 is 10.2 Å². The lowest BCUT2D eigenvalue weighted by Crippen LogP contribution is -2.43. The second-order valence-electron chi connectivity index (χ2n) is 4.99. The molecule has 0 radical (unpaired) electrons. The number of anilines is 1. The van der Waals surface area contributed by atoms with Crippen molar-refractivity contribution in [2.45, 2.75) is 13.3 Å². The highest BCUT2D eigenvalue weighted by Crippen LogP contribution is 2.30. The van der Waals surface area contributed by atoms with Gasteiger partial charge < -0.3 is 19.7 Å². The second-order valence-corrected chi connectivity index (χ2v) is 4.99. The molecule has 0 unspecified atom stereocenters. The number of nitrogens with one attached hydrogen (secondary N) is 1. The van der Waals surface area contributed by atoms with E-state index in [1.165, 1.54) is 0 Å². The quantitative estimate of drug-likeness (QED) is 0.912. The largest absolute Gasteiger partial charge is 0.475 e. The van der Waals surface area contributed by atoms with Gasteiger partial charge in [0, 0.05) is 42.8 Å². The van der Waals surface area contributed by atoms with Crippen LogP contribution in [0, 0.1) is 0 Å². The molecule has 0 saturated carbocycles. The number of benzene rings is 1. The van der Waals surface area contributed by atoms with Crippen LogP contribution >= 0.6 is 12.4 Å². The summed E-state index contributed by atoms with van der Waals surface area (Å²) >= 11 is 0. The van der Waals surface area contributed by atoms with Gasteiger partial charge in [-0.15, -0.1) is 12.4 Å². The molecule has 1 aliphatic rings. The van der Waals surface area contributed by atoms with E-state index in [9.17, 15) is 9.90 Å². The number of hydrogen-bond acceptors (Lipinski definition) is 4. The topological polar surface area (TPSA) is 65.7 Å². The van der Waals surface area contributed by atoms with E-state index in [2.05, 4.69) is 16.3 Å². The zero-order valence-electron chi connectivity index (χ0n) is 11.9. The highest BCUT2D eigenvalue weighted by atomic mass is 35.5. The van der Waals surface area contributed by atoms with Crippen molar-refractivity contribution in [1.82, 2.24) is 5.32 Å². The molecule has 2 N–H and O–H groups in total. The van der Waals surface area contributed by atoms with E-state index in [0.29, 0.717) is 12.0 Å². The average molecular weight is 311 g/mol. The van der Waals surface area contributed by atoms with Crippen LogP contribution in [0.2, 0.25) is 0 Å². The van der Waals surface area contributed by atoms with Crippen molar-refractivity contribution in [1.29, 1.82) is 0 Å². The van der Waals surface area contributed by atoms with Crippen LogP contribution in [0.4, 0.5) is 5.69 Å². The lowest BCUT2D eigenvalue weighted by molar-refractivity contribution is 0.0663. The summed E-state index contributed by atoms with van der Waals surface area (Å²) in [6, 6.07) is 5.93. The summed E-state index contributed by atoms with van der Waals surface area (Å²) in [5.74, 6) is -0.929. The second kappa shape index (κ2) is 6.37. The molecule has 0 atom stereocenters. The molecule has 5 nitrogen and oxygen atoms in total. The van der Waals surface area contributed by atoms with Crippen LogP contribution in [0.3, 0.4) is 0 Å². The summed E-state index contributed by atoms with van der Waals surface area (Å²) < 4.78 is 5.46. The normalized spacial score (nSPS) is 15.0. The van der Waals surface area contributed by atoms with Crippen LogP contribution in [-0.4, -0.2) is 37.3 Å². The van der Waals surface area contributed by atoms with Crippen molar-refractivity contribution in [3.8, 4) is 0 Å². The van der Waals surface area contributed by atoms with Crippen molar-refractivity contribution in [2.24, 2.45) is 0 Å². The molecule has 2 heterocycles. The Balaban J connectivity index is 0.00000161. The average Bonchev–Trinajstić information content (AvgIpc) is 2.86. The fraction of sp³-hybridized carbons (Fsp3) is 0.400. The molecular weight excluding hydrogens is 292 g/mol. The fourth-order valence-corrected chi connectivity index (χ4v) is 2.78. The van der Waals surface area contributed by atoms with Crippen LogP contribution in [0.25, 0.3) is 11.0 Å². The van der Waals surface area contributed by atoms with E-state index in [0.717, 1.165) is 42.8 Å². The highest BCUT2D eigenvalue weighted by molar-refractivity contribution is 5.96. The summed E-state index contributed by atoms with van der Waals surface area (Å²) in [7, 11) is 0. The zero-order valence-corrected chi connectivity index (χ0v) is 12.7. The first-order chi connectivity index (χ1) is 9.70. The van der Waals surface area contributed by atoms with Gasteiger partial charge in [0.2, 0.25) is 5.76 Å². The molecule has 1 aliphatic heterocycles. The van der Waals surface area contributed by atoms with Gasteiger partial charge >= 0.3 is 5.97 Å². The maximum Gasteiger partial charge on any atom is 0.372 e. The Morgan fingerprint density at radius 2 is 2.10 bits per heavy atom. The molecule has 114 valence electrons. The van der Waals surface area contributed by atoms with Crippen LogP contribution in [0.5, 0.6) is 0 Å². The highest BCUT2D eigenvalue weighted by Gasteiger charge is 2.20. The SMILES string of the molecule is CCc1c(C(=O)O)oc2ccc(N3CCNCC3)cc12.Cl. The van der Waals surface area contributed by atoms with Crippen LogP contribution in [0.1, 0.15) is 23.0 Å². The van der Waals surface area contributed by atoms with E-state index in [1.54, 1.807) is 0 Å². The first kappa shape index (κ1) is 15.7. The Morgan fingerprint density at radius 3 is 2.71 bits per heavy atom. The number of hydrogen-bond donors (Lipinski definition) is 2. The van der Waals surface area contributed by atoms with Gasteiger partial charge in [0.05, 0.1) is 0 Å². The number of rotatable bonds is 3. The Bertz CT molecular complexity index is 648. The van der Waals surface area contributed by atoms with Crippen LogP contribution in [0.15, 0.2) is 22.6 Å². The van der Waals surface area contributed by atoms with Crippen molar-refractivity contribution in [3.05, 3.63) is 29.5 Å². The van der Waals surface area contributed by atoms with Gasteiger partial charge in [-0.3, -0.25) is 0 Å². The summed E-state index contributed by atoms with van der Waals surface area (Å²) in [4.78, 5) is 13.5. The van der Waals surface area contributed by atoms with E-state index >= 15 is 0 Å². The third-order valence-electron chi connectivity index (χ3n) is 3.80. The molecule has 2 aromatic rings. The molecule has 3 rings (SSSR count). The molecule has 1 aromatic carbocycles. The first-order valence-electron chi connectivity index (χ1n) is 6.95. The Kier molecular flexibility index (Phi) is 4.75. The van der Waals surface area contributed by atoms with Crippen molar-refractivity contribution in [3.63, 3.8) is 0 Å². The minimum Gasteiger partial charge on any atom is -0.475 e. The Morgan fingerprint density at radius 1 is 1.38 bits per heavy atom. The summed E-state index contributed by atoms with van der Waals surface area (Å²) in [6.45, 7) is 5.84. The van der Waals surface area contributed by atoms with E-state index in [4.69, 9.17) is 4.42 Å². The number of aromatic carboxylic acids is 1.